The number of hydrogen-bond donors (Lipinski definition) is 1. The highest BCUT2D eigenvalue weighted by molar-refractivity contribution is 5.89. The number of benzene rings is 1. The van der Waals surface area contributed by atoms with E-state index >= 15 is 0 Å². The number of hydrogen-bond acceptors (Lipinski definition) is 5. The summed E-state index contributed by atoms with van der Waals surface area (Å²) in [6.07, 6.45) is 2.08. The third-order valence-corrected chi connectivity index (χ3v) is 4.36. The number of carbonyl (C=O) groups is 2. The highest BCUT2D eigenvalue weighted by Gasteiger charge is 2.19. The molecule has 2 aromatic rings. The number of amides is 2. The second-order valence-corrected chi connectivity index (χ2v) is 7.43. The molecule has 1 heterocycles. The molecular weight excluding hydrogens is 358 g/mol. The van der Waals surface area contributed by atoms with Crippen LogP contribution in [0.4, 0.5) is 10.5 Å². The van der Waals surface area contributed by atoms with E-state index in [1.807, 2.05) is 24.3 Å². The lowest BCUT2D eigenvalue weighted by atomic mass is 10.0. The van der Waals surface area contributed by atoms with Gasteiger partial charge in [-0.05, 0) is 36.0 Å². The molecule has 1 aromatic carbocycles. The number of ether oxygens (including phenoxy) is 1. The van der Waals surface area contributed by atoms with Crippen LogP contribution >= 0.6 is 0 Å². The highest BCUT2D eigenvalue weighted by Crippen LogP contribution is 2.18. The number of oxazole rings is 1. The zero-order valence-corrected chi connectivity index (χ0v) is 17.2. The Morgan fingerprint density at radius 2 is 1.86 bits per heavy atom. The van der Waals surface area contributed by atoms with Gasteiger partial charge in [0.05, 0.1) is 13.7 Å². The van der Waals surface area contributed by atoms with Crippen molar-refractivity contribution in [1.29, 1.82) is 0 Å². The Morgan fingerprint density at radius 3 is 2.43 bits per heavy atom. The molecule has 0 bridgehead atoms. The minimum absolute atomic E-state index is 0.0889. The maximum Gasteiger partial charge on any atom is 0.360 e. The Kier molecular flexibility index (Phi) is 7.61. The molecule has 1 aromatic heterocycles. The zero-order valence-electron chi connectivity index (χ0n) is 17.2. The molecule has 7 heteroatoms. The van der Waals surface area contributed by atoms with E-state index in [0.717, 1.165) is 12.1 Å². The average Bonchev–Trinajstić information content (AvgIpc) is 3.13. The molecule has 28 heavy (non-hydrogen) atoms. The molecule has 0 unspecified atom stereocenters. The maximum atomic E-state index is 12.8. The van der Waals surface area contributed by atoms with E-state index in [9.17, 15) is 9.59 Å². The van der Waals surface area contributed by atoms with Gasteiger partial charge in [0.2, 0.25) is 5.89 Å². The molecule has 0 fully saturated rings. The standard InChI is InChI=1S/C21H29N3O4/c1-14(2)10-11-24(12-19-23-18(13-28-19)20(25)27-5)21(26)22-17-8-6-16(7-9-17)15(3)4/h6-9,13-15H,10-12H2,1-5H3,(H,22,26). The molecule has 0 saturated heterocycles. The number of esters is 1. The van der Waals surface area contributed by atoms with Gasteiger partial charge in [-0.2, -0.15) is 0 Å². The average molecular weight is 387 g/mol. The second-order valence-electron chi connectivity index (χ2n) is 7.43. The molecule has 0 atom stereocenters. The summed E-state index contributed by atoms with van der Waals surface area (Å²) in [4.78, 5) is 30.1. The van der Waals surface area contributed by atoms with Crippen LogP contribution in [0.15, 0.2) is 34.9 Å². The summed E-state index contributed by atoms with van der Waals surface area (Å²) in [6.45, 7) is 9.16. The van der Waals surface area contributed by atoms with Gasteiger partial charge < -0.3 is 19.4 Å². The van der Waals surface area contributed by atoms with Crippen LogP contribution in [-0.2, 0) is 11.3 Å². The van der Waals surface area contributed by atoms with Crippen molar-refractivity contribution in [3.63, 3.8) is 0 Å². The lowest BCUT2D eigenvalue weighted by Crippen LogP contribution is -2.36. The predicted molar refractivity (Wildman–Crippen MR) is 107 cm³/mol. The number of nitrogens with zero attached hydrogens (tertiary/aromatic N) is 2. The third kappa shape index (κ3) is 6.11. The van der Waals surface area contributed by atoms with E-state index in [0.29, 0.717) is 18.4 Å². The van der Waals surface area contributed by atoms with Crippen molar-refractivity contribution < 1.29 is 18.7 Å². The molecular formula is C21H29N3O4. The van der Waals surface area contributed by atoms with Crippen LogP contribution in [0.25, 0.3) is 0 Å². The van der Waals surface area contributed by atoms with E-state index in [1.54, 1.807) is 4.90 Å². The number of methoxy groups -OCH3 is 1. The van der Waals surface area contributed by atoms with Gasteiger partial charge in [0.15, 0.2) is 5.69 Å². The Bertz CT molecular complexity index is 781. The van der Waals surface area contributed by atoms with Crippen molar-refractivity contribution in [1.82, 2.24) is 9.88 Å². The first kappa shape index (κ1) is 21.5. The minimum Gasteiger partial charge on any atom is -0.464 e. The van der Waals surface area contributed by atoms with Gasteiger partial charge in [0.25, 0.3) is 0 Å². The number of aromatic nitrogens is 1. The smallest absolute Gasteiger partial charge is 0.360 e. The van der Waals surface area contributed by atoms with Crippen molar-refractivity contribution in [3.05, 3.63) is 47.7 Å². The molecule has 7 nitrogen and oxygen atoms in total. The molecule has 0 spiro atoms. The maximum absolute atomic E-state index is 12.8. The fourth-order valence-corrected chi connectivity index (χ4v) is 2.57. The monoisotopic (exact) mass is 387 g/mol. The summed E-state index contributed by atoms with van der Waals surface area (Å²) >= 11 is 0. The Hall–Kier alpha value is -2.83. The van der Waals surface area contributed by atoms with Crippen molar-refractivity contribution in [2.45, 2.75) is 46.6 Å². The second kappa shape index (κ2) is 9.92. The molecule has 152 valence electrons. The molecule has 0 aliphatic carbocycles. The largest absolute Gasteiger partial charge is 0.464 e. The lowest BCUT2D eigenvalue weighted by Gasteiger charge is -2.22. The van der Waals surface area contributed by atoms with E-state index in [-0.39, 0.29) is 24.2 Å². The molecule has 0 radical (unpaired) electrons. The summed E-state index contributed by atoms with van der Waals surface area (Å²) in [7, 11) is 1.28. The fourth-order valence-electron chi connectivity index (χ4n) is 2.57. The lowest BCUT2D eigenvalue weighted by molar-refractivity contribution is 0.0594. The van der Waals surface area contributed by atoms with E-state index < -0.39 is 5.97 Å². The van der Waals surface area contributed by atoms with Gasteiger partial charge in [-0.15, -0.1) is 0 Å². The van der Waals surface area contributed by atoms with E-state index in [2.05, 4.69) is 42.7 Å². The van der Waals surface area contributed by atoms with Gasteiger partial charge in [-0.1, -0.05) is 39.8 Å². The van der Waals surface area contributed by atoms with Crippen LogP contribution in [0, 0.1) is 5.92 Å². The Labute approximate surface area is 166 Å². The number of carbonyl (C=O) groups excluding carboxylic acids is 2. The number of urea groups is 1. The van der Waals surface area contributed by atoms with Crippen LogP contribution in [0.2, 0.25) is 0 Å². The van der Waals surface area contributed by atoms with Gasteiger partial charge in [0.1, 0.15) is 6.26 Å². The molecule has 0 aliphatic heterocycles. The van der Waals surface area contributed by atoms with Crippen LogP contribution in [0.5, 0.6) is 0 Å². The summed E-state index contributed by atoms with van der Waals surface area (Å²) in [6, 6.07) is 7.57. The van der Waals surface area contributed by atoms with Crippen molar-refractivity contribution in [2.75, 3.05) is 19.0 Å². The first-order chi connectivity index (χ1) is 13.3. The zero-order chi connectivity index (χ0) is 20.7. The van der Waals surface area contributed by atoms with Crippen molar-refractivity contribution in [3.8, 4) is 0 Å². The van der Waals surface area contributed by atoms with E-state index in [4.69, 9.17) is 4.42 Å². The number of nitrogens with one attached hydrogen (secondary N) is 1. The van der Waals surface area contributed by atoms with Crippen LogP contribution in [0.3, 0.4) is 0 Å². The molecule has 0 saturated carbocycles. The first-order valence-corrected chi connectivity index (χ1v) is 9.48. The Morgan fingerprint density at radius 1 is 1.18 bits per heavy atom. The number of anilines is 1. The van der Waals surface area contributed by atoms with E-state index in [1.165, 1.54) is 18.9 Å². The van der Waals surface area contributed by atoms with Gasteiger partial charge in [-0.3, -0.25) is 0 Å². The van der Waals surface area contributed by atoms with Crippen LogP contribution in [0.1, 0.15) is 62.0 Å². The van der Waals surface area contributed by atoms with Crippen LogP contribution in [-0.4, -0.2) is 35.5 Å². The fraction of sp³-hybridized carbons (Fsp3) is 0.476. The number of rotatable bonds is 8. The molecule has 2 rings (SSSR count). The molecule has 0 aliphatic rings. The van der Waals surface area contributed by atoms with Gasteiger partial charge in [0, 0.05) is 12.2 Å². The van der Waals surface area contributed by atoms with Crippen molar-refractivity contribution >= 4 is 17.7 Å². The summed E-state index contributed by atoms with van der Waals surface area (Å²) in [5.74, 6) is 0.588. The minimum atomic E-state index is -0.571. The topological polar surface area (TPSA) is 84.7 Å². The van der Waals surface area contributed by atoms with Crippen molar-refractivity contribution in [2.24, 2.45) is 5.92 Å². The summed E-state index contributed by atoms with van der Waals surface area (Å²) in [5, 5.41) is 2.92. The highest BCUT2D eigenvalue weighted by atomic mass is 16.5. The summed E-state index contributed by atoms with van der Waals surface area (Å²) in [5.41, 5.74) is 2.03. The quantitative estimate of drug-likeness (QED) is 0.666. The van der Waals surface area contributed by atoms with Gasteiger partial charge >= 0.3 is 12.0 Å². The molecule has 1 N–H and O–H groups in total. The SMILES string of the molecule is COC(=O)c1coc(CN(CCC(C)C)C(=O)Nc2ccc(C(C)C)cc2)n1. The molecule has 2 amide bonds. The predicted octanol–water partition coefficient (Wildman–Crippen LogP) is 4.66. The normalized spacial score (nSPS) is 11.0. The first-order valence-electron chi connectivity index (χ1n) is 9.48. The van der Waals surface area contributed by atoms with Crippen LogP contribution < -0.4 is 5.32 Å². The Balaban J connectivity index is 2.09. The summed E-state index contributed by atoms with van der Waals surface area (Å²) < 4.78 is 9.97. The van der Waals surface area contributed by atoms with Gasteiger partial charge in [-0.25, -0.2) is 14.6 Å². The third-order valence-electron chi connectivity index (χ3n) is 4.36.